The standard InChI is InChI=1S/C19H20F2N2O3S/c1-2-10-27(25,26)23-9-3-4-13-11-15(6-8-18(13)23)22-19(24)14-5-7-16(20)17(21)12-14/h5-8,11-12H,2-4,9-10H2,1H3,(H,22,24). The van der Waals surface area contributed by atoms with Crippen molar-refractivity contribution >= 4 is 27.3 Å². The first-order chi connectivity index (χ1) is 12.8. The lowest BCUT2D eigenvalue weighted by molar-refractivity contribution is 0.102. The van der Waals surface area contributed by atoms with Gasteiger partial charge in [0, 0.05) is 17.8 Å². The Bertz CT molecular complexity index is 977. The highest BCUT2D eigenvalue weighted by Crippen LogP contribution is 2.32. The average Bonchev–Trinajstić information content (AvgIpc) is 2.63. The molecule has 1 N–H and O–H groups in total. The van der Waals surface area contributed by atoms with Crippen LogP contribution in [0.15, 0.2) is 36.4 Å². The fourth-order valence-electron chi connectivity index (χ4n) is 3.14. The van der Waals surface area contributed by atoms with Crippen molar-refractivity contribution in [2.24, 2.45) is 0 Å². The molecule has 0 saturated heterocycles. The summed E-state index contributed by atoms with van der Waals surface area (Å²) >= 11 is 0. The van der Waals surface area contributed by atoms with E-state index in [2.05, 4.69) is 5.32 Å². The second-order valence-corrected chi connectivity index (χ2v) is 8.43. The molecule has 2 aromatic rings. The maximum absolute atomic E-state index is 13.3. The summed E-state index contributed by atoms with van der Waals surface area (Å²) in [5.74, 6) is -2.60. The van der Waals surface area contributed by atoms with Crippen molar-refractivity contribution in [3.8, 4) is 0 Å². The molecular weight excluding hydrogens is 374 g/mol. The number of hydrogen-bond donors (Lipinski definition) is 1. The van der Waals surface area contributed by atoms with Crippen molar-refractivity contribution in [3.05, 3.63) is 59.2 Å². The molecule has 0 atom stereocenters. The lowest BCUT2D eigenvalue weighted by Gasteiger charge is -2.30. The zero-order valence-corrected chi connectivity index (χ0v) is 15.7. The number of carbonyl (C=O) groups is 1. The Morgan fingerprint density at radius 3 is 2.63 bits per heavy atom. The van der Waals surface area contributed by atoms with E-state index >= 15 is 0 Å². The van der Waals surface area contributed by atoms with Gasteiger partial charge in [-0.2, -0.15) is 0 Å². The zero-order valence-electron chi connectivity index (χ0n) is 14.8. The molecule has 1 aliphatic heterocycles. The van der Waals surface area contributed by atoms with E-state index in [1.165, 1.54) is 10.4 Å². The van der Waals surface area contributed by atoms with Crippen molar-refractivity contribution in [2.75, 3.05) is 21.9 Å². The van der Waals surface area contributed by atoms with Gasteiger partial charge in [0.2, 0.25) is 10.0 Å². The van der Waals surface area contributed by atoms with Gasteiger partial charge in [-0.05, 0) is 61.2 Å². The molecule has 5 nitrogen and oxygen atoms in total. The molecule has 0 radical (unpaired) electrons. The van der Waals surface area contributed by atoms with E-state index in [0.717, 1.165) is 17.7 Å². The SMILES string of the molecule is CCCS(=O)(=O)N1CCCc2cc(NC(=O)c3ccc(F)c(F)c3)ccc21. The van der Waals surface area contributed by atoms with Crippen LogP contribution in [0.3, 0.4) is 0 Å². The van der Waals surface area contributed by atoms with Gasteiger partial charge in [0.05, 0.1) is 11.4 Å². The molecule has 0 aromatic heterocycles. The molecule has 8 heteroatoms. The van der Waals surface area contributed by atoms with E-state index in [1.807, 2.05) is 6.92 Å². The van der Waals surface area contributed by atoms with Crippen LogP contribution < -0.4 is 9.62 Å². The van der Waals surface area contributed by atoms with Gasteiger partial charge in [-0.3, -0.25) is 9.10 Å². The van der Waals surface area contributed by atoms with Crippen LogP contribution in [-0.2, 0) is 16.4 Å². The number of nitrogens with zero attached hydrogens (tertiary/aromatic N) is 1. The normalized spacial score (nSPS) is 14.0. The summed E-state index contributed by atoms with van der Waals surface area (Å²) in [7, 11) is -3.37. The highest BCUT2D eigenvalue weighted by Gasteiger charge is 2.27. The molecule has 1 amide bonds. The van der Waals surface area contributed by atoms with Gasteiger partial charge in [-0.15, -0.1) is 0 Å². The van der Waals surface area contributed by atoms with Gasteiger partial charge in [0.15, 0.2) is 11.6 Å². The third-order valence-electron chi connectivity index (χ3n) is 4.39. The van der Waals surface area contributed by atoms with E-state index in [4.69, 9.17) is 0 Å². The molecule has 0 unspecified atom stereocenters. The van der Waals surface area contributed by atoms with Crippen LogP contribution in [0.5, 0.6) is 0 Å². The van der Waals surface area contributed by atoms with Gasteiger partial charge >= 0.3 is 0 Å². The number of hydrogen-bond acceptors (Lipinski definition) is 3. The van der Waals surface area contributed by atoms with Gasteiger partial charge in [-0.1, -0.05) is 6.92 Å². The number of sulfonamides is 1. The maximum Gasteiger partial charge on any atom is 0.255 e. The summed E-state index contributed by atoms with van der Waals surface area (Å²) in [5.41, 5.74) is 1.92. The molecular formula is C19H20F2N2O3S. The highest BCUT2D eigenvalue weighted by molar-refractivity contribution is 7.92. The topological polar surface area (TPSA) is 66.5 Å². The molecule has 144 valence electrons. The first-order valence-electron chi connectivity index (χ1n) is 8.71. The molecule has 3 rings (SSSR count). The van der Waals surface area contributed by atoms with Crippen molar-refractivity contribution in [1.82, 2.24) is 0 Å². The first kappa shape index (κ1) is 19.3. The third-order valence-corrected chi connectivity index (χ3v) is 6.37. The number of amides is 1. The van der Waals surface area contributed by atoms with Gasteiger partial charge in [0.25, 0.3) is 5.91 Å². The van der Waals surface area contributed by atoms with Crippen LogP contribution in [-0.4, -0.2) is 26.6 Å². The van der Waals surface area contributed by atoms with Crippen LogP contribution >= 0.6 is 0 Å². The fraction of sp³-hybridized carbons (Fsp3) is 0.316. The van der Waals surface area contributed by atoms with Gasteiger partial charge in [-0.25, -0.2) is 17.2 Å². The Labute approximate surface area is 157 Å². The van der Waals surface area contributed by atoms with Crippen LogP contribution in [0.1, 0.15) is 35.7 Å². The second-order valence-electron chi connectivity index (χ2n) is 6.42. The maximum atomic E-state index is 13.3. The fourth-order valence-corrected chi connectivity index (χ4v) is 4.76. The van der Waals surface area contributed by atoms with Crippen LogP contribution in [0.25, 0.3) is 0 Å². The molecule has 0 saturated carbocycles. The van der Waals surface area contributed by atoms with Gasteiger partial charge in [0.1, 0.15) is 0 Å². The Balaban J connectivity index is 1.83. The summed E-state index contributed by atoms with van der Waals surface area (Å²) in [6, 6.07) is 7.93. The van der Waals surface area contributed by atoms with Gasteiger partial charge < -0.3 is 5.32 Å². The minimum absolute atomic E-state index is 0.00114. The molecule has 1 aliphatic rings. The molecule has 0 aliphatic carbocycles. The summed E-state index contributed by atoms with van der Waals surface area (Å²) in [6.45, 7) is 2.26. The quantitative estimate of drug-likeness (QED) is 0.841. The number of aryl methyl sites for hydroxylation is 1. The van der Waals surface area contributed by atoms with E-state index < -0.39 is 27.6 Å². The number of anilines is 2. The Hall–Kier alpha value is -2.48. The highest BCUT2D eigenvalue weighted by atomic mass is 32.2. The molecule has 0 bridgehead atoms. The third kappa shape index (κ3) is 4.10. The predicted octanol–water partition coefficient (Wildman–Crippen LogP) is 3.71. The largest absolute Gasteiger partial charge is 0.322 e. The van der Waals surface area contributed by atoms with Crippen LogP contribution in [0.2, 0.25) is 0 Å². The summed E-state index contributed by atoms with van der Waals surface area (Å²) in [5, 5.41) is 2.64. The number of carbonyl (C=O) groups excluding carboxylic acids is 1. The number of nitrogens with one attached hydrogen (secondary N) is 1. The van der Waals surface area contributed by atoms with Crippen molar-refractivity contribution in [2.45, 2.75) is 26.2 Å². The second kappa shape index (κ2) is 7.64. The summed E-state index contributed by atoms with van der Waals surface area (Å²) < 4.78 is 52.6. The summed E-state index contributed by atoms with van der Waals surface area (Å²) in [4.78, 5) is 12.2. The van der Waals surface area contributed by atoms with Crippen molar-refractivity contribution in [3.63, 3.8) is 0 Å². The van der Waals surface area contributed by atoms with Crippen LogP contribution in [0.4, 0.5) is 20.2 Å². The monoisotopic (exact) mass is 394 g/mol. The number of rotatable bonds is 5. The average molecular weight is 394 g/mol. The Morgan fingerprint density at radius 1 is 1.15 bits per heavy atom. The Morgan fingerprint density at radius 2 is 1.93 bits per heavy atom. The number of halogens is 2. The van der Waals surface area contributed by atoms with E-state index in [-0.39, 0.29) is 11.3 Å². The Kier molecular flexibility index (Phi) is 5.46. The van der Waals surface area contributed by atoms with E-state index in [1.54, 1.807) is 18.2 Å². The summed E-state index contributed by atoms with van der Waals surface area (Å²) in [6.07, 6.45) is 1.93. The smallest absolute Gasteiger partial charge is 0.255 e. The molecule has 1 heterocycles. The lowest BCUT2D eigenvalue weighted by Crippen LogP contribution is -2.37. The minimum atomic E-state index is -3.37. The molecule has 0 spiro atoms. The molecule has 27 heavy (non-hydrogen) atoms. The molecule has 2 aromatic carbocycles. The number of fused-ring (bicyclic) bond motifs is 1. The van der Waals surface area contributed by atoms with Crippen molar-refractivity contribution < 1.29 is 22.0 Å². The lowest BCUT2D eigenvalue weighted by atomic mass is 10.0. The predicted molar refractivity (Wildman–Crippen MR) is 100 cm³/mol. The van der Waals surface area contributed by atoms with Crippen LogP contribution in [0, 0.1) is 11.6 Å². The van der Waals surface area contributed by atoms with E-state index in [9.17, 15) is 22.0 Å². The first-order valence-corrected chi connectivity index (χ1v) is 10.3. The zero-order chi connectivity index (χ0) is 19.6. The minimum Gasteiger partial charge on any atom is -0.322 e. The van der Waals surface area contributed by atoms with E-state index in [0.29, 0.717) is 37.2 Å². The molecule has 0 fully saturated rings. The number of benzene rings is 2. The van der Waals surface area contributed by atoms with Crippen molar-refractivity contribution in [1.29, 1.82) is 0 Å².